The lowest BCUT2D eigenvalue weighted by Crippen LogP contribution is -2.16. The summed E-state index contributed by atoms with van der Waals surface area (Å²) in [5, 5.41) is 4.82. The second kappa shape index (κ2) is 11.2. The molecule has 0 unspecified atom stereocenters. The van der Waals surface area contributed by atoms with Gasteiger partial charge in [0.15, 0.2) is 5.76 Å². The molecule has 0 radical (unpaired) electrons. The molecular formula is C25H19FI2N2O4. The van der Waals surface area contributed by atoms with Crippen molar-refractivity contribution in [2.45, 2.75) is 13.5 Å². The normalized spacial score (nSPS) is 11.2. The summed E-state index contributed by atoms with van der Waals surface area (Å²) in [5.74, 6) is 0.776. The Bertz CT molecular complexity index is 1350. The Morgan fingerprint density at radius 3 is 2.59 bits per heavy atom. The van der Waals surface area contributed by atoms with Crippen LogP contribution in [0.25, 0.3) is 11.0 Å². The number of hydrazone groups is 1. The van der Waals surface area contributed by atoms with Crippen molar-refractivity contribution in [3.63, 3.8) is 0 Å². The summed E-state index contributed by atoms with van der Waals surface area (Å²) in [6, 6.07) is 17.3. The highest BCUT2D eigenvalue weighted by Crippen LogP contribution is 2.29. The number of nitrogens with zero attached hydrogens (tertiary/aromatic N) is 1. The van der Waals surface area contributed by atoms with Crippen molar-refractivity contribution in [1.82, 2.24) is 5.43 Å². The Morgan fingerprint density at radius 1 is 1.09 bits per heavy atom. The Balaban J connectivity index is 1.41. The van der Waals surface area contributed by atoms with Gasteiger partial charge in [-0.15, -0.1) is 0 Å². The number of hydrogen-bond donors (Lipinski definition) is 1. The zero-order valence-corrected chi connectivity index (χ0v) is 22.3. The molecule has 3 aromatic carbocycles. The Kier molecular flexibility index (Phi) is 8.03. The molecule has 1 aromatic heterocycles. The molecule has 0 atom stereocenters. The second-order valence-corrected chi connectivity index (χ2v) is 9.46. The van der Waals surface area contributed by atoms with Crippen LogP contribution in [0.1, 0.15) is 28.6 Å². The minimum atomic E-state index is -0.459. The van der Waals surface area contributed by atoms with E-state index in [1.54, 1.807) is 42.6 Å². The Labute approximate surface area is 222 Å². The van der Waals surface area contributed by atoms with Crippen LogP contribution < -0.4 is 14.9 Å². The minimum absolute atomic E-state index is 0.131. The van der Waals surface area contributed by atoms with Gasteiger partial charge in [0.1, 0.15) is 29.5 Å². The van der Waals surface area contributed by atoms with Gasteiger partial charge in [-0.05, 0) is 100 Å². The van der Waals surface area contributed by atoms with E-state index in [4.69, 9.17) is 13.9 Å². The van der Waals surface area contributed by atoms with Crippen molar-refractivity contribution in [1.29, 1.82) is 0 Å². The molecule has 0 saturated carbocycles. The van der Waals surface area contributed by atoms with E-state index in [2.05, 4.69) is 55.7 Å². The first-order valence-electron chi connectivity index (χ1n) is 10.3. The molecule has 0 saturated heterocycles. The van der Waals surface area contributed by atoms with E-state index in [1.807, 2.05) is 25.1 Å². The maximum absolute atomic E-state index is 13.8. The number of rotatable bonds is 8. The monoisotopic (exact) mass is 684 g/mol. The number of ether oxygens (including phenoxy) is 2. The zero-order valence-electron chi connectivity index (χ0n) is 18.0. The van der Waals surface area contributed by atoms with Gasteiger partial charge in [-0.2, -0.15) is 5.10 Å². The molecule has 0 bridgehead atoms. The zero-order chi connectivity index (χ0) is 24.1. The molecule has 0 fully saturated rings. The highest BCUT2D eigenvalue weighted by molar-refractivity contribution is 14.1. The Hall–Kier alpha value is -2.67. The number of hydrogen-bond acceptors (Lipinski definition) is 5. The summed E-state index contributed by atoms with van der Waals surface area (Å²) in [4.78, 5) is 12.4. The fraction of sp³-hybridized carbons (Fsp3) is 0.120. The van der Waals surface area contributed by atoms with E-state index in [9.17, 15) is 9.18 Å². The molecule has 6 nitrogen and oxygen atoms in total. The first kappa shape index (κ1) is 24.5. The first-order chi connectivity index (χ1) is 16.4. The lowest BCUT2D eigenvalue weighted by Gasteiger charge is -2.12. The lowest BCUT2D eigenvalue weighted by molar-refractivity contribution is 0.0929. The maximum atomic E-state index is 13.8. The summed E-state index contributed by atoms with van der Waals surface area (Å²) in [6.07, 6.45) is 1.54. The third kappa shape index (κ3) is 5.87. The third-order valence-electron chi connectivity index (χ3n) is 4.75. The van der Waals surface area contributed by atoms with Crippen molar-refractivity contribution in [3.05, 3.63) is 90.5 Å². The van der Waals surface area contributed by atoms with Crippen LogP contribution >= 0.6 is 45.2 Å². The summed E-state index contributed by atoms with van der Waals surface area (Å²) in [7, 11) is 0. The molecular weight excluding hydrogens is 665 g/mol. The molecule has 4 aromatic rings. The van der Waals surface area contributed by atoms with Crippen LogP contribution in [0.2, 0.25) is 0 Å². The molecule has 4 rings (SSSR count). The van der Waals surface area contributed by atoms with Gasteiger partial charge in [0.05, 0.1) is 20.0 Å². The number of carbonyl (C=O) groups is 1. The van der Waals surface area contributed by atoms with Crippen molar-refractivity contribution in [2.75, 3.05) is 6.61 Å². The fourth-order valence-corrected chi connectivity index (χ4v) is 5.30. The molecule has 1 N–H and O–H groups in total. The van der Waals surface area contributed by atoms with Crippen LogP contribution in [0.15, 0.2) is 70.2 Å². The SMILES string of the molecule is CCOc1ccc2oc(C(=O)N/N=C/c3cc(I)c(OCc4ccccc4F)c(I)c3)cc2c1. The second-order valence-electron chi connectivity index (χ2n) is 7.14. The van der Waals surface area contributed by atoms with Crippen LogP contribution in [-0.2, 0) is 6.61 Å². The molecule has 1 heterocycles. The van der Waals surface area contributed by atoms with Gasteiger partial charge in [0, 0.05) is 10.9 Å². The lowest BCUT2D eigenvalue weighted by atomic mass is 10.2. The first-order valence-corrected chi connectivity index (χ1v) is 12.5. The summed E-state index contributed by atoms with van der Waals surface area (Å²) >= 11 is 4.31. The van der Waals surface area contributed by atoms with Crippen molar-refractivity contribution in [2.24, 2.45) is 5.10 Å². The molecule has 0 spiro atoms. The van der Waals surface area contributed by atoms with Gasteiger partial charge in [-0.3, -0.25) is 4.79 Å². The maximum Gasteiger partial charge on any atom is 0.307 e. The predicted molar refractivity (Wildman–Crippen MR) is 145 cm³/mol. The fourth-order valence-electron chi connectivity index (χ4n) is 3.17. The largest absolute Gasteiger partial charge is 0.494 e. The molecule has 0 aliphatic rings. The average molecular weight is 684 g/mol. The van der Waals surface area contributed by atoms with Crippen molar-refractivity contribution in [3.8, 4) is 11.5 Å². The van der Waals surface area contributed by atoms with Crippen LogP contribution in [0, 0.1) is 13.0 Å². The number of benzene rings is 3. The summed E-state index contributed by atoms with van der Waals surface area (Å²) in [6.45, 7) is 2.60. The topological polar surface area (TPSA) is 73.1 Å². The van der Waals surface area contributed by atoms with Gasteiger partial charge >= 0.3 is 5.91 Å². The predicted octanol–water partition coefficient (Wildman–Crippen LogP) is 6.52. The molecule has 0 aliphatic carbocycles. The number of halogens is 3. The van der Waals surface area contributed by atoms with Gasteiger partial charge in [-0.1, -0.05) is 18.2 Å². The summed E-state index contributed by atoms with van der Waals surface area (Å²) in [5.41, 5.74) is 4.34. The summed E-state index contributed by atoms with van der Waals surface area (Å²) < 4.78 is 32.5. The number of carbonyl (C=O) groups excluding carboxylic acids is 1. The van der Waals surface area contributed by atoms with E-state index in [1.165, 1.54) is 6.07 Å². The number of fused-ring (bicyclic) bond motifs is 1. The van der Waals surface area contributed by atoms with Crippen LogP contribution in [0.4, 0.5) is 4.39 Å². The van der Waals surface area contributed by atoms with Gasteiger partial charge < -0.3 is 13.9 Å². The van der Waals surface area contributed by atoms with Gasteiger partial charge in [0.25, 0.3) is 0 Å². The average Bonchev–Trinajstić information content (AvgIpc) is 3.23. The van der Waals surface area contributed by atoms with Crippen molar-refractivity contribution >= 4 is 68.3 Å². The molecule has 34 heavy (non-hydrogen) atoms. The van der Waals surface area contributed by atoms with E-state index >= 15 is 0 Å². The van der Waals surface area contributed by atoms with E-state index in [-0.39, 0.29) is 18.2 Å². The van der Waals surface area contributed by atoms with E-state index < -0.39 is 5.91 Å². The molecule has 174 valence electrons. The highest BCUT2D eigenvalue weighted by atomic mass is 127. The van der Waals surface area contributed by atoms with E-state index in [0.717, 1.165) is 18.1 Å². The van der Waals surface area contributed by atoms with Crippen molar-refractivity contribution < 1.29 is 23.1 Å². The van der Waals surface area contributed by atoms with Gasteiger partial charge in [0.2, 0.25) is 0 Å². The minimum Gasteiger partial charge on any atom is -0.494 e. The number of furan rings is 1. The van der Waals surface area contributed by atoms with Gasteiger partial charge in [-0.25, -0.2) is 9.82 Å². The van der Waals surface area contributed by atoms with Crippen LogP contribution in [-0.4, -0.2) is 18.7 Å². The molecule has 1 amide bonds. The van der Waals surface area contributed by atoms with Crippen LogP contribution in [0.5, 0.6) is 11.5 Å². The number of amides is 1. The molecule has 9 heteroatoms. The highest BCUT2D eigenvalue weighted by Gasteiger charge is 2.13. The standard InChI is InChI=1S/C25H19FI2N2O4/c1-2-32-18-7-8-22-17(11-18)12-23(34-22)25(31)30-29-13-15-9-20(27)24(21(28)10-15)33-14-16-5-3-4-6-19(16)26/h3-13H,2,14H2,1H3,(H,30,31)/b29-13+. The quantitative estimate of drug-likeness (QED) is 0.130. The Morgan fingerprint density at radius 2 is 1.85 bits per heavy atom. The third-order valence-corrected chi connectivity index (χ3v) is 6.36. The smallest absolute Gasteiger partial charge is 0.307 e. The number of nitrogens with one attached hydrogen (secondary N) is 1. The van der Waals surface area contributed by atoms with E-state index in [0.29, 0.717) is 29.3 Å². The molecule has 0 aliphatic heterocycles. The van der Waals surface area contributed by atoms with Crippen LogP contribution in [0.3, 0.4) is 0 Å².